The SMILES string of the molecule is C=C1CC23CCC4C(C)(C(=O)OC5OC(CO)C(O)C(O)C5O)CCCC4(C)C2CCC1(OC1OC(COC(=O)C=Cc2ccc(O)cc2)C(O)C(O)C1O)C3. The first-order valence-electron chi connectivity index (χ1n) is 19.7. The Labute approximate surface area is 325 Å². The van der Waals surface area contributed by atoms with Crippen LogP contribution in [0, 0.1) is 28.1 Å². The van der Waals surface area contributed by atoms with Crippen LogP contribution < -0.4 is 0 Å². The lowest BCUT2D eigenvalue weighted by atomic mass is 9.41. The van der Waals surface area contributed by atoms with Crippen molar-refractivity contribution in [2.45, 2.75) is 139 Å². The monoisotopic (exact) mass is 788 g/mol. The van der Waals surface area contributed by atoms with Crippen LogP contribution in [0.15, 0.2) is 42.5 Å². The van der Waals surface area contributed by atoms with Gasteiger partial charge >= 0.3 is 11.9 Å². The Kier molecular flexibility index (Phi) is 11.3. The fourth-order valence-electron chi connectivity index (χ4n) is 11.5. The summed E-state index contributed by atoms with van der Waals surface area (Å²) >= 11 is 0. The number of aromatic hydroxyl groups is 1. The summed E-state index contributed by atoms with van der Waals surface area (Å²) in [6.45, 7) is 7.54. The molecule has 2 bridgehead atoms. The smallest absolute Gasteiger partial charge is 0.330 e. The standard InChI is InChI=1S/C41H56O15/c1-21-17-40-15-11-26-38(2,13-4-14-39(26,3)37(51)55-35-33(49)31(47)29(45)24(18-42)53-35)27(40)12-16-41(21,20-40)56-36-34(50)32(48)30(46)25(54-36)19-52-28(44)10-7-22-5-8-23(43)9-6-22/h5-10,24-27,29-36,42-43,45-50H,1,4,11-20H2,2-3H3. The van der Waals surface area contributed by atoms with Crippen LogP contribution in [0.3, 0.4) is 0 Å². The Hall–Kier alpha value is -2.96. The van der Waals surface area contributed by atoms with E-state index in [2.05, 4.69) is 13.5 Å². The zero-order valence-electron chi connectivity index (χ0n) is 31.8. The summed E-state index contributed by atoms with van der Waals surface area (Å²) in [5, 5.41) is 82.9. The van der Waals surface area contributed by atoms with Gasteiger partial charge in [-0.2, -0.15) is 0 Å². The van der Waals surface area contributed by atoms with Gasteiger partial charge in [-0.25, -0.2) is 4.79 Å². The Morgan fingerprint density at radius 1 is 0.839 bits per heavy atom. The van der Waals surface area contributed by atoms with Crippen LogP contribution >= 0.6 is 0 Å². The van der Waals surface area contributed by atoms with E-state index < -0.39 is 97.6 Å². The number of aliphatic hydroxyl groups excluding tert-OH is 7. The second-order valence-electron chi connectivity index (χ2n) is 17.6. The molecular weight excluding hydrogens is 732 g/mol. The van der Waals surface area contributed by atoms with E-state index >= 15 is 0 Å². The highest BCUT2D eigenvalue weighted by Gasteiger charge is 2.69. The molecule has 15 nitrogen and oxygen atoms in total. The van der Waals surface area contributed by atoms with Crippen LogP contribution in [0.1, 0.15) is 77.2 Å². The van der Waals surface area contributed by atoms with Crippen molar-refractivity contribution in [3.05, 3.63) is 48.1 Å². The summed E-state index contributed by atoms with van der Waals surface area (Å²) in [7, 11) is 0. The van der Waals surface area contributed by atoms with Gasteiger partial charge in [0.05, 0.1) is 17.6 Å². The Bertz CT molecular complexity index is 1670. The van der Waals surface area contributed by atoms with Crippen molar-refractivity contribution in [3.8, 4) is 5.75 Å². The number of hydrogen-bond donors (Lipinski definition) is 8. The van der Waals surface area contributed by atoms with Gasteiger partial charge in [-0.15, -0.1) is 0 Å². The molecule has 2 aliphatic heterocycles. The lowest BCUT2D eigenvalue weighted by Gasteiger charge is -2.64. The third kappa shape index (κ3) is 7.01. The number of hydrogen-bond acceptors (Lipinski definition) is 15. The molecule has 4 aliphatic carbocycles. The minimum Gasteiger partial charge on any atom is -0.508 e. The van der Waals surface area contributed by atoms with Crippen LogP contribution in [0.25, 0.3) is 6.08 Å². The largest absolute Gasteiger partial charge is 0.508 e. The van der Waals surface area contributed by atoms with Gasteiger partial charge in [-0.05, 0) is 110 Å². The summed E-state index contributed by atoms with van der Waals surface area (Å²) in [5.74, 6) is -1.10. The fourth-order valence-corrected chi connectivity index (χ4v) is 11.5. The molecule has 16 unspecified atom stereocenters. The molecule has 0 radical (unpaired) electrons. The van der Waals surface area contributed by atoms with Gasteiger partial charge in [0.15, 0.2) is 6.29 Å². The molecule has 0 aromatic heterocycles. The third-order valence-electron chi connectivity index (χ3n) is 14.4. The zero-order valence-corrected chi connectivity index (χ0v) is 31.8. The number of aliphatic hydroxyl groups is 7. The average Bonchev–Trinajstić information content (AvgIpc) is 3.37. The minimum absolute atomic E-state index is 0.0846. The van der Waals surface area contributed by atoms with Crippen molar-refractivity contribution in [3.63, 3.8) is 0 Å². The molecule has 6 aliphatic rings. The second-order valence-corrected chi connectivity index (χ2v) is 17.6. The highest BCUT2D eigenvalue weighted by atomic mass is 16.7. The fraction of sp³-hybridized carbons (Fsp3) is 0.707. The second kappa shape index (κ2) is 15.3. The first-order chi connectivity index (χ1) is 26.5. The first kappa shape index (κ1) is 41.2. The van der Waals surface area contributed by atoms with Crippen molar-refractivity contribution < 1.29 is 74.1 Å². The molecule has 7 rings (SSSR count). The molecule has 16 atom stereocenters. The minimum atomic E-state index is -1.69. The maximum Gasteiger partial charge on any atom is 0.330 e. The molecule has 2 saturated heterocycles. The van der Waals surface area contributed by atoms with E-state index in [0.717, 1.165) is 31.3 Å². The van der Waals surface area contributed by atoms with E-state index in [1.807, 2.05) is 6.92 Å². The van der Waals surface area contributed by atoms with Crippen molar-refractivity contribution in [1.29, 1.82) is 0 Å². The molecule has 15 heteroatoms. The first-order valence-corrected chi connectivity index (χ1v) is 19.7. The lowest BCUT2D eigenvalue weighted by molar-refractivity contribution is -0.327. The molecule has 0 amide bonds. The maximum atomic E-state index is 14.1. The van der Waals surface area contributed by atoms with Crippen molar-refractivity contribution in [2.24, 2.45) is 28.1 Å². The van der Waals surface area contributed by atoms with Gasteiger partial charge in [-0.1, -0.05) is 32.1 Å². The molecule has 4 saturated carbocycles. The molecule has 56 heavy (non-hydrogen) atoms. The highest BCUT2D eigenvalue weighted by molar-refractivity contribution is 5.87. The highest BCUT2D eigenvalue weighted by Crippen LogP contribution is 2.73. The van der Waals surface area contributed by atoms with E-state index in [1.54, 1.807) is 12.1 Å². The third-order valence-corrected chi connectivity index (χ3v) is 14.4. The summed E-state index contributed by atoms with van der Waals surface area (Å²) in [4.78, 5) is 26.6. The summed E-state index contributed by atoms with van der Waals surface area (Å²) in [5.41, 5.74) is -0.841. The van der Waals surface area contributed by atoms with Crippen molar-refractivity contribution >= 4 is 18.0 Å². The number of carbonyl (C=O) groups is 2. The van der Waals surface area contributed by atoms with Gasteiger partial charge in [0.2, 0.25) is 6.29 Å². The number of benzene rings is 1. The van der Waals surface area contributed by atoms with E-state index in [-0.39, 0.29) is 28.4 Å². The zero-order chi connectivity index (χ0) is 40.4. The molecule has 8 N–H and O–H groups in total. The predicted molar refractivity (Wildman–Crippen MR) is 195 cm³/mol. The summed E-state index contributed by atoms with van der Waals surface area (Å²) in [6, 6.07) is 6.19. The Morgan fingerprint density at radius 2 is 1.48 bits per heavy atom. The van der Waals surface area contributed by atoms with Gasteiger partial charge < -0.3 is 64.5 Å². The van der Waals surface area contributed by atoms with Crippen LogP contribution in [0.5, 0.6) is 5.75 Å². The number of fused-ring (bicyclic) bond motifs is 3. The molecule has 1 spiro atoms. The molecule has 310 valence electrons. The molecule has 1 aromatic rings. The van der Waals surface area contributed by atoms with Crippen molar-refractivity contribution in [2.75, 3.05) is 13.2 Å². The van der Waals surface area contributed by atoms with Gasteiger partial charge in [-0.3, -0.25) is 4.79 Å². The van der Waals surface area contributed by atoms with E-state index in [0.29, 0.717) is 37.7 Å². The van der Waals surface area contributed by atoms with Crippen molar-refractivity contribution in [1.82, 2.24) is 0 Å². The van der Waals surface area contributed by atoms with E-state index in [4.69, 9.17) is 23.7 Å². The number of esters is 2. The Morgan fingerprint density at radius 3 is 2.18 bits per heavy atom. The topological polar surface area (TPSA) is 242 Å². The number of phenols is 1. The van der Waals surface area contributed by atoms with Crippen LogP contribution in [0.4, 0.5) is 0 Å². The normalized spacial score (nSPS) is 46.2. The van der Waals surface area contributed by atoms with E-state index in [1.165, 1.54) is 24.3 Å². The van der Waals surface area contributed by atoms with Gasteiger partial charge in [0.1, 0.15) is 61.2 Å². The number of rotatable bonds is 9. The summed E-state index contributed by atoms with van der Waals surface area (Å²) < 4.78 is 29.3. The quantitative estimate of drug-likeness (QED) is 0.0759. The number of carbonyl (C=O) groups excluding carboxylic acids is 2. The Balaban J connectivity index is 1.02. The van der Waals surface area contributed by atoms with Gasteiger partial charge in [0.25, 0.3) is 0 Å². The van der Waals surface area contributed by atoms with Crippen LogP contribution in [-0.2, 0) is 33.3 Å². The average molecular weight is 789 g/mol. The number of ether oxygens (including phenoxy) is 5. The van der Waals surface area contributed by atoms with Crippen LogP contribution in [-0.4, -0.2) is 133 Å². The number of phenolic OH excluding ortho intramolecular Hbond substituents is 1. The van der Waals surface area contributed by atoms with Crippen LogP contribution in [0.2, 0.25) is 0 Å². The maximum absolute atomic E-state index is 14.1. The molecule has 2 heterocycles. The molecule has 6 fully saturated rings. The predicted octanol–water partition coefficient (Wildman–Crippen LogP) is 1.21. The van der Waals surface area contributed by atoms with E-state index in [9.17, 15) is 50.4 Å². The molecular formula is C41H56O15. The molecule has 1 aromatic carbocycles. The summed E-state index contributed by atoms with van der Waals surface area (Å²) in [6.07, 6.45) is -6.18. The lowest BCUT2D eigenvalue weighted by Crippen LogP contribution is -2.63. The van der Waals surface area contributed by atoms with Gasteiger partial charge in [0, 0.05) is 6.08 Å².